The van der Waals surface area contributed by atoms with Gasteiger partial charge in [-0.15, -0.1) is 0 Å². The summed E-state index contributed by atoms with van der Waals surface area (Å²) in [7, 11) is 4.43. The molecule has 2 atom stereocenters. The number of nitrogens with zero attached hydrogens (tertiary/aromatic N) is 2. The van der Waals surface area contributed by atoms with Crippen LogP contribution in [0.2, 0.25) is 0 Å². The number of likely N-dealkylation sites (N-methyl/N-ethyl adjacent to an activating group) is 1. The zero-order valence-electron chi connectivity index (χ0n) is 13.4. The van der Waals surface area contributed by atoms with Gasteiger partial charge in [0.25, 0.3) is 0 Å². The van der Waals surface area contributed by atoms with Crippen molar-refractivity contribution in [2.75, 3.05) is 40.3 Å². The zero-order chi connectivity index (χ0) is 14.1. The van der Waals surface area contributed by atoms with E-state index in [1.165, 1.54) is 64.6 Å². The van der Waals surface area contributed by atoms with Gasteiger partial charge >= 0.3 is 0 Å². The molecule has 0 aliphatic carbocycles. The SMILES string of the molecule is CCCC(CCN)CCCN1CCCC(N(C)C)C1. The standard InChI is InChI=1S/C16H35N3/c1-4-7-15(10-11-17)8-5-12-19-13-6-9-16(14-19)18(2)3/h15-16H,4-14,17H2,1-3H3. The van der Waals surface area contributed by atoms with Gasteiger partial charge in [-0.05, 0) is 71.8 Å². The van der Waals surface area contributed by atoms with Crippen LogP contribution in [0.1, 0.15) is 51.9 Å². The monoisotopic (exact) mass is 269 g/mol. The fraction of sp³-hybridized carbons (Fsp3) is 1.00. The maximum atomic E-state index is 5.71. The van der Waals surface area contributed by atoms with E-state index in [1.807, 2.05) is 0 Å². The summed E-state index contributed by atoms with van der Waals surface area (Å²) in [5.74, 6) is 0.865. The summed E-state index contributed by atoms with van der Waals surface area (Å²) in [5, 5.41) is 0. The minimum atomic E-state index is 0.768. The van der Waals surface area contributed by atoms with E-state index in [-0.39, 0.29) is 0 Å². The van der Waals surface area contributed by atoms with Crippen molar-refractivity contribution in [1.82, 2.24) is 9.80 Å². The van der Waals surface area contributed by atoms with Crippen LogP contribution in [0.25, 0.3) is 0 Å². The maximum Gasteiger partial charge on any atom is 0.0217 e. The predicted molar refractivity (Wildman–Crippen MR) is 84.5 cm³/mol. The number of hydrogen-bond donors (Lipinski definition) is 1. The first kappa shape index (κ1) is 16.9. The van der Waals surface area contributed by atoms with E-state index < -0.39 is 0 Å². The van der Waals surface area contributed by atoms with Crippen molar-refractivity contribution < 1.29 is 0 Å². The molecule has 1 heterocycles. The summed E-state index contributed by atoms with van der Waals surface area (Å²) < 4.78 is 0. The second kappa shape index (κ2) is 9.73. The van der Waals surface area contributed by atoms with Crippen molar-refractivity contribution in [2.45, 2.75) is 57.9 Å². The van der Waals surface area contributed by atoms with Crippen molar-refractivity contribution in [3.05, 3.63) is 0 Å². The second-order valence-corrected chi connectivity index (χ2v) is 6.43. The van der Waals surface area contributed by atoms with Crippen molar-refractivity contribution in [3.63, 3.8) is 0 Å². The second-order valence-electron chi connectivity index (χ2n) is 6.43. The Kier molecular flexibility index (Phi) is 8.67. The molecule has 1 aliphatic rings. The summed E-state index contributed by atoms with van der Waals surface area (Å²) in [5.41, 5.74) is 5.71. The van der Waals surface area contributed by atoms with Crippen LogP contribution in [0.4, 0.5) is 0 Å². The fourth-order valence-corrected chi connectivity index (χ4v) is 3.34. The third-order valence-corrected chi connectivity index (χ3v) is 4.57. The van der Waals surface area contributed by atoms with E-state index in [4.69, 9.17) is 5.73 Å². The van der Waals surface area contributed by atoms with Gasteiger partial charge in [0, 0.05) is 12.6 Å². The molecule has 1 aliphatic heterocycles. The quantitative estimate of drug-likeness (QED) is 0.698. The molecular formula is C16H35N3. The average Bonchev–Trinajstić information content (AvgIpc) is 2.39. The molecule has 2 N–H and O–H groups in total. The third-order valence-electron chi connectivity index (χ3n) is 4.57. The summed E-state index contributed by atoms with van der Waals surface area (Å²) in [6.45, 7) is 7.00. The third kappa shape index (κ3) is 6.73. The van der Waals surface area contributed by atoms with Crippen LogP contribution < -0.4 is 5.73 Å². The van der Waals surface area contributed by atoms with Crippen LogP contribution in [-0.2, 0) is 0 Å². The van der Waals surface area contributed by atoms with Crippen molar-refractivity contribution in [1.29, 1.82) is 0 Å². The largest absolute Gasteiger partial charge is 0.330 e. The highest BCUT2D eigenvalue weighted by Gasteiger charge is 2.20. The van der Waals surface area contributed by atoms with Gasteiger partial charge in [-0.1, -0.05) is 19.8 Å². The molecule has 3 nitrogen and oxygen atoms in total. The molecule has 0 aromatic rings. The van der Waals surface area contributed by atoms with Gasteiger partial charge in [-0.3, -0.25) is 0 Å². The van der Waals surface area contributed by atoms with Gasteiger partial charge < -0.3 is 15.5 Å². The Morgan fingerprint density at radius 3 is 2.68 bits per heavy atom. The summed E-state index contributed by atoms with van der Waals surface area (Å²) in [4.78, 5) is 5.06. The highest BCUT2D eigenvalue weighted by molar-refractivity contribution is 4.78. The van der Waals surface area contributed by atoms with Crippen molar-refractivity contribution in [2.24, 2.45) is 11.7 Å². The fourth-order valence-electron chi connectivity index (χ4n) is 3.34. The first-order chi connectivity index (χ1) is 9.17. The smallest absolute Gasteiger partial charge is 0.0217 e. The lowest BCUT2D eigenvalue weighted by Crippen LogP contribution is -2.45. The molecule has 2 unspecified atom stereocenters. The number of hydrogen-bond acceptors (Lipinski definition) is 3. The number of piperidine rings is 1. The summed E-state index contributed by atoms with van der Waals surface area (Å²) in [6, 6.07) is 0.768. The lowest BCUT2D eigenvalue weighted by molar-refractivity contribution is 0.130. The van der Waals surface area contributed by atoms with Crippen LogP contribution in [0, 0.1) is 5.92 Å². The number of likely N-dealkylation sites (tertiary alicyclic amines) is 1. The Morgan fingerprint density at radius 1 is 1.26 bits per heavy atom. The van der Waals surface area contributed by atoms with E-state index in [2.05, 4.69) is 30.8 Å². The molecule has 1 saturated heterocycles. The van der Waals surface area contributed by atoms with Gasteiger partial charge in [0.1, 0.15) is 0 Å². The van der Waals surface area contributed by atoms with Crippen molar-refractivity contribution >= 4 is 0 Å². The Morgan fingerprint density at radius 2 is 2.05 bits per heavy atom. The Bertz CT molecular complexity index is 212. The van der Waals surface area contributed by atoms with Crippen LogP contribution >= 0.6 is 0 Å². The van der Waals surface area contributed by atoms with Crippen LogP contribution in [0.5, 0.6) is 0 Å². The molecule has 114 valence electrons. The molecule has 0 aromatic carbocycles. The normalized spacial score (nSPS) is 22.9. The van der Waals surface area contributed by atoms with E-state index >= 15 is 0 Å². The highest BCUT2D eigenvalue weighted by atomic mass is 15.2. The highest BCUT2D eigenvalue weighted by Crippen LogP contribution is 2.19. The van der Waals surface area contributed by atoms with Crippen molar-refractivity contribution in [3.8, 4) is 0 Å². The first-order valence-corrected chi connectivity index (χ1v) is 8.26. The van der Waals surface area contributed by atoms with Crippen LogP contribution in [0.3, 0.4) is 0 Å². The van der Waals surface area contributed by atoms with Crippen LogP contribution in [0.15, 0.2) is 0 Å². The average molecular weight is 269 g/mol. The molecule has 0 radical (unpaired) electrons. The Labute approximate surface area is 120 Å². The summed E-state index contributed by atoms with van der Waals surface area (Å²) >= 11 is 0. The zero-order valence-corrected chi connectivity index (χ0v) is 13.4. The number of rotatable bonds is 9. The molecule has 0 amide bonds. The van der Waals surface area contributed by atoms with E-state index in [0.717, 1.165) is 18.5 Å². The van der Waals surface area contributed by atoms with Gasteiger partial charge in [0.15, 0.2) is 0 Å². The predicted octanol–water partition coefficient (Wildman–Crippen LogP) is 2.56. The van der Waals surface area contributed by atoms with Gasteiger partial charge in [-0.2, -0.15) is 0 Å². The van der Waals surface area contributed by atoms with Gasteiger partial charge in [0.05, 0.1) is 0 Å². The minimum Gasteiger partial charge on any atom is -0.330 e. The molecule has 0 bridgehead atoms. The first-order valence-electron chi connectivity index (χ1n) is 8.26. The van der Waals surface area contributed by atoms with E-state index in [9.17, 15) is 0 Å². The summed E-state index contributed by atoms with van der Waals surface area (Å²) in [6.07, 6.45) is 9.33. The van der Waals surface area contributed by atoms with E-state index in [0.29, 0.717) is 0 Å². The van der Waals surface area contributed by atoms with Crippen LogP contribution in [-0.4, -0.2) is 56.1 Å². The minimum absolute atomic E-state index is 0.768. The van der Waals surface area contributed by atoms with E-state index in [1.54, 1.807) is 0 Å². The Balaban J connectivity index is 2.20. The lowest BCUT2D eigenvalue weighted by Gasteiger charge is -2.36. The molecule has 19 heavy (non-hydrogen) atoms. The topological polar surface area (TPSA) is 32.5 Å². The number of nitrogens with two attached hydrogens (primary N) is 1. The molecule has 1 fully saturated rings. The Hall–Kier alpha value is -0.120. The molecule has 0 spiro atoms. The molecule has 1 rings (SSSR count). The molecular weight excluding hydrogens is 234 g/mol. The molecule has 3 heteroatoms. The lowest BCUT2D eigenvalue weighted by atomic mass is 9.94. The van der Waals surface area contributed by atoms with Gasteiger partial charge in [-0.25, -0.2) is 0 Å². The maximum absolute atomic E-state index is 5.71. The molecule has 0 saturated carbocycles. The van der Waals surface area contributed by atoms with Gasteiger partial charge in [0.2, 0.25) is 0 Å². The molecule has 0 aromatic heterocycles.